The Labute approximate surface area is 155 Å². The molecule has 138 valence electrons. The first-order valence-corrected chi connectivity index (χ1v) is 8.59. The number of nitrogens with zero attached hydrogens (tertiary/aromatic N) is 1. The van der Waals surface area contributed by atoms with Gasteiger partial charge in [-0.3, -0.25) is 10.1 Å². The number of benzene rings is 1. The number of rotatable bonds is 7. The van der Waals surface area contributed by atoms with Crippen LogP contribution in [0.4, 0.5) is 5.13 Å². The number of carbonyl (C=O) groups excluding carboxylic acids is 2. The van der Waals surface area contributed by atoms with Crippen molar-refractivity contribution in [1.82, 2.24) is 4.98 Å². The Bertz CT molecular complexity index is 829. The highest BCUT2D eigenvalue weighted by atomic mass is 32.1. The maximum Gasteiger partial charge on any atom is 0.350 e. The normalized spacial score (nSPS) is 10.6. The number of aromatic nitrogens is 1. The number of aryl methyl sites for hydroxylation is 1. The number of methoxy groups -OCH3 is 2. The van der Waals surface area contributed by atoms with Crippen LogP contribution in [0.1, 0.15) is 27.9 Å². The minimum absolute atomic E-state index is 0.217. The van der Waals surface area contributed by atoms with Gasteiger partial charge in [-0.05, 0) is 31.5 Å². The van der Waals surface area contributed by atoms with Gasteiger partial charge < -0.3 is 14.2 Å². The van der Waals surface area contributed by atoms with Crippen LogP contribution in [0.25, 0.3) is 6.08 Å². The van der Waals surface area contributed by atoms with Gasteiger partial charge >= 0.3 is 5.97 Å². The third kappa shape index (κ3) is 4.82. The summed E-state index contributed by atoms with van der Waals surface area (Å²) in [5, 5.41) is 2.92. The molecule has 0 atom stereocenters. The molecule has 0 aliphatic carbocycles. The lowest BCUT2D eigenvalue weighted by Gasteiger charge is -2.11. The smallest absolute Gasteiger partial charge is 0.350 e. The summed E-state index contributed by atoms with van der Waals surface area (Å²) in [7, 11) is 2.83. The molecule has 1 aromatic carbocycles. The molecule has 0 bridgehead atoms. The van der Waals surface area contributed by atoms with Crippen LogP contribution >= 0.6 is 11.3 Å². The summed E-state index contributed by atoms with van der Waals surface area (Å²) in [5.41, 5.74) is 1.47. The average Bonchev–Trinajstić information content (AvgIpc) is 3.00. The van der Waals surface area contributed by atoms with Crippen LogP contribution in [0.3, 0.4) is 0 Å². The fourth-order valence-electron chi connectivity index (χ4n) is 2.13. The summed E-state index contributed by atoms with van der Waals surface area (Å²) in [4.78, 5) is 28.1. The van der Waals surface area contributed by atoms with E-state index in [1.165, 1.54) is 14.2 Å². The van der Waals surface area contributed by atoms with E-state index in [4.69, 9.17) is 9.47 Å². The van der Waals surface area contributed by atoms with E-state index < -0.39 is 11.9 Å². The fraction of sp³-hybridized carbons (Fsp3) is 0.278. The summed E-state index contributed by atoms with van der Waals surface area (Å²) >= 11 is 1.05. The minimum Gasteiger partial charge on any atom is -0.493 e. The van der Waals surface area contributed by atoms with Gasteiger partial charge in [-0.15, -0.1) is 0 Å². The number of anilines is 1. The summed E-state index contributed by atoms with van der Waals surface area (Å²) in [5.74, 6) is 0.116. The van der Waals surface area contributed by atoms with Crippen molar-refractivity contribution in [3.63, 3.8) is 0 Å². The Morgan fingerprint density at radius 3 is 2.69 bits per heavy atom. The average molecular weight is 376 g/mol. The number of hydrogen-bond acceptors (Lipinski definition) is 7. The van der Waals surface area contributed by atoms with Crippen molar-refractivity contribution in [2.24, 2.45) is 0 Å². The van der Waals surface area contributed by atoms with Gasteiger partial charge in [-0.25, -0.2) is 9.78 Å². The molecular weight excluding hydrogens is 356 g/mol. The zero-order chi connectivity index (χ0) is 19.1. The molecule has 0 aliphatic heterocycles. The predicted octanol–water partition coefficient (Wildman–Crippen LogP) is 3.30. The predicted molar refractivity (Wildman–Crippen MR) is 100 cm³/mol. The number of esters is 1. The molecule has 0 aliphatic rings. The molecule has 0 saturated heterocycles. The first-order valence-electron chi connectivity index (χ1n) is 7.77. The molecule has 2 aromatic rings. The van der Waals surface area contributed by atoms with E-state index in [0.29, 0.717) is 27.2 Å². The molecule has 1 N–H and O–H groups in total. The van der Waals surface area contributed by atoms with Gasteiger partial charge in [-0.2, -0.15) is 0 Å². The van der Waals surface area contributed by atoms with Gasteiger partial charge in [0, 0.05) is 0 Å². The molecule has 1 amide bonds. The number of allylic oxidation sites excluding steroid dienone is 1. The highest BCUT2D eigenvalue weighted by molar-refractivity contribution is 7.17. The Morgan fingerprint density at radius 2 is 2.04 bits per heavy atom. The number of carbonyl (C=O) groups is 2. The maximum atomic E-state index is 12.1. The van der Waals surface area contributed by atoms with Crippen LogP contribution in [-0.4, -0.2) is 37.7 Å². The van der Waals surface area contributed by atoms with Gasteiger partial charge in [-0.1, -0.05) is 29.6 Å². The molecule has 7 nitrogen and oxygen atoms in total. The fourth-order valence-corrected chi connectivity index (χ4v) is 3.03. The van der Waals surface area contributed by atoms with Gasteiger partial charge in [0.2, 0.25) is 0 Å². The van der Waals surface area contributed by atoms with Crippen LogP contribution < -0.4 is 14.8 Å². The monoisotopic (exact) mass is 376 g/mol. The van der Waals surface area contributed by atoms with E-state index in [0.717, 1.165) is 16.9 Å². The maximum absolute atomic E-state index is 12.1. The second kappa shape index (κ2) is 9.00. The first kappa shape index (κ1) is 19.5. The minimum atomic E-state index is -0.484. The largest absolute Gasteiger partial charge is 0.493 e. The van der Waals surface area contributed by atoms with Gasteiger partial charge in [0.15, 0.2) is 23.2 Å². The van der Waals surface area contributed by atoms with Crippen LogP contribution in [0.2, 0.25) is 0 Å². The van der Waals surface area contributed by atoms with E-state index in [9.17, 15) is 9.59 Å². The van der Waals surface area contributed by atoms with E-state index in [-0.39, 0.29) is 6.61 Å². The van der Waals surface area contributed by atoms with Crippen molar-refractivity contribution < 1.29 is 23.8 Å². The number of ether oxygens (including phenoxy) is 3. The molecule has 1 aromatic heterocycles. The Hall–Kier alpha value is -2.87. The topological polar surface area (TPSA) is 86.8 Å². The van der Waals surface area contributed by atoms with E-state index in [1.54, 1.807) is 13.0 Å². The number of amides is 1. The van der Waals surface area contributed by atoms with E-state index in [1.807, 2.05) is 31.2 Å². The first-order chi connectivity index (χ1) is 12.5. The molecule has 26 heavy (non-hydrogen) atoms. The number of thiazole rings is 1. The Balaban J connectivity index is 2.00. The van der Waals surface area contributed by atoms with Crippen molar-refractivity contribution in [3.05, 3.63) is 40.4 Å². The van der Waals surface area contributed by atoms with Gasteiger partial charge in [0.25, 0.3) is 5.91 Å². The second-order valence-electron chi connectivity index (χ2n) is 5.17. The lowest BCUT2D eigenvalue weighted by molar-refractivity contribution is -0.118. The highest BCUT2D eigenvalue weighted by Gasteiger charge is 2.17. The molecular formula is C18H20N2O5S. The zero-order valence-electron chi connectivity index (χ0n) is 15.0. The van der Waals surface area contributed by atoms with Crippen LogP contribution in [0, 0.1) is 6.92 Å². The quantitative estimate of drug-likeness (QED) is 0.746. The van der Waals surface area contributed by atoms with Gasteiger partial charge in [0.05, 0.1) is 19.9 Å². The van der Waals surface area contributed by atoms with Crippen molar-refractivity contribution in [3.8, 4) is 11.5 Å². The molecule has 1 heterocycles. The van der Waals surface area contributed by atoms with Crippen molar-refractivity contribution in [2.75, 3.05) is 26.1 Å². The Morgan fingerprint density at radius 1 is 1.27 bits per heavy atom. The lowest BCUT2D eigenvalue weighted by atomic mass is 10.2. The summed E-state index contributed by atoms with van der Waals surface area (Å²) in [6.45, 7) is 3.38. The summed E-state index contributed by atoms with van der Waals surface area (Å²) in [6.07, 6.45) is 3.85. The summed E-state index contributed by atoms with van der Waals surface area (Å²) < 4.78 is 15.5. The molecule has 8 heteroatoms. The summed E-state index contributed by atoms with van der Waals surface area (Å²) in [6, 6.07) is 5.42. The molecule has 0 spiro atoms. The third-order valence-corrected chi connectivity index (χ3v) is 4.37. The van der Waals surface area contributed by atoms with Crippen LogP contribution in [0.5, 0.6) is 11.5 Å². The molecule has 0 saturated carbocycles. The molecule has 0 unspecified atom stereocenters. The van der Waals surface area contributed by atoms with Crippen LogP contribution in [0.15, 0.2) is 24.3 Å². The van der Waals surface area contributed by atoms with Gasteiger partial charge in [0.1, 0.15) is 4.88 Å². The van der Waals surface area contributed by atoms with E-state index >= 15 is 0 Å². The van der Waals surface area contributed by atoms with Crippen LogP contribution in [-0.2, 0) is 9.53 Å². The Kier molecular flexibility index (Phi) is 6.74. The zero-order valence-corrected chi connectivity index (χ0v) is 15.8. The molecule has 0 radical (unpaired) electrons. The lowest BCUT2D eigenvalue weighted by Crippen LogP contribution is -2.20. The van der Waals surface area contributed by atoms with E-state index in [2.05, 4.69) is 15.0 Å². The highest BCUT2D eigenvalue weighted by Crippen LogP contribution is 2.29. The SMILES string of the molecule is C/C=C/c1ccc(OCC(=O)Nc2nc(C)c(C(=O)OC)s2)c(OC)c1. The molecule has 2 rings (SSSR count). The standard InChI is InChI=1S/C18H20N2O5S/c1-5-6-12-7-8-13(14(9-12)23-3)25-10-15(21)20-18-19-11(2)16(26-18)17(22)24-4/h5-9H,10H2,1-4H3,(H,19,20,21)/b6-5+. The molecule has 0 fully saturated rings. The van der Waals surface area contributed by atoms with Crippen molar-refractivity contribution in [2.45, 2.75) is 13.8 Å². The second-order valence-corrected chi connectivity index (χ2v) is 6.17. The van der Waals surface area contributed by atoms with Crippen molar-refractivity contribution in [1.29, 1.82) is 0 Å². The van der Waals surface area contributed by atoms with Crippen molar-refractivity contribution >= 4 is 34.4 Å². The number of nitrogens with one attached hydrogen (secondary N) is 1. The number of hydrogen-bond donors (Lipinski definition) is 1. The third-order valence-electron chi connectivity index (χ3n) is 3.32.